The summed E-state index contributed by atoms with van der Waals surface area (Å²) >= 11 is 0. The minimum atomic E-state index is -0.879. The van der Waals surface area contributed by atoms with Crippen molar-refractivity contribution in [2.45, 2.75) is 20.3 Å². The van der Waals surface area contributed by atoms with Crippen LogP contribution in [0.5, 0.6) is 11.5 Å². The summed E-state index contributed by atoms with van der Waals surface area (Å²) in [5, 5.41) is 12.5. The molecule has 0 radical (unpaired) electrons. The first-order valence-electron chi connectivity index (χ1n) is 9.28. The van der Waals surface area contributed by atoms with Gasteiger partial charge in [-0.15, -0.1) is 0 Å². The first-order valence-corrected chi connectivity index (χ1v) is 9.28. The number of carboxylic acids is 1. The van der Waals surface area contributed by atoms with E-state index in [-0.39, 0.29) is 6.54 Å². The lowest BCUT2D eigenvalue weighted by Gasteiger charge is -2.19. The molecule has 0 fully saturated rings. The van der Waals surface area contributed by atoms with Gasteiger partial charge < -0.3 is 20.1 Å². The molecule has 0 unspecified atom stereocenters. The fourth-order valence-corrected chi connectivity index (χ4v) is 3.32. The normalized spacial score (nSPS) is 12.6. The highest BCUT2D eigenvalue weighted by molar-refractivity contribution is 5.81. The quantitative estimate of drug-likeness (QED) is 0.659. The number of benzene rings is 1. The summed E-state index contributed by atoms with van der Waals surface area (Å²) in [7, 11) is 0. The van der Waals surface area contributed by atoms with Crippen LogP contribution in [0.4, 0.5) is 17.2 Å². The summed E-state index contributed by atoms with van der Waals surface area (Å²) in [6.07, 6.45) is 3.90. The molecule has 0 saturated carbocycles. The smallest absolute Gasteiger partial charge is 0.323 e. The number of hydrogen-bond acceptors (Lipinski definition) is 7. The van der Waals surface area contributed by atoms with Crippen LogP contribution in [0, 0.1) is 13.8 Å². The molecule has 3 heterocycles. The topological polar surface area (TPSA) is 100 Å². The van der Waals surface area contributed by atoms with Crippen molar-refractivity contribution in [3.63, 3.8) is 0 Å². The molecule has 1 aliphatic heterocycles. The number of ether oxygens (including phenoxy) is 1. The molecule has 2 aromatic heterocycles. The molecule has 1 aromatic carbocycles. The van der Waals surface area contributed by atoms with Crippen LogP contribution in [-0.4, -0.2) is 39.1 Å². The van der Waals surface area contributed by atoms with Crippen LogP contribution in [0.1, 0.15) is 17.0 Å². The molecule has 0 bridgehead atoms. The van der Waals surface area contributed by atoms with E-state index in [9.17, 15) is 4.79 Å². The Morgan fingerprint density at radius 1 is 1.21 bits per heavy atom. The van der Waals surface area contributed by atoms with E-state index in [0.29, 0.717) is 24.5 Å². The van der Waals surface area contributed by atoms with Gasteiger partial charge in [-0.05, 0) is 49.7 Å². The van der Waals surface area contributed by atoms with E-state index in [1.54, 1.807) is 11.1 Å². The monoisotopic (exact) mass is 391 g/mol. The Hall–Kier alpha value is -3.68. The number of carboxylic acid groups (broad SMARTS) is 1. The summed E-state index contributed by atoms with van der Waals surface area (Å²) < 4.78 is 5.91. The summed E-state index contributed by atoms with van der Waals surface area (Å²) in [5.41, 5.74) is 4.32. The molecule has 8 heteroatoms. The first-order chi connectivity index (χ1) is 14.0. The van der Waals surface area contributed by atoms with Gasteiger partial charge in [0.15, 0.2) is 5.82 Å². The fraction of sp³-hybridized carbons (Fsp3) is 0.238. The number of anilines is 3. The third kappa shape index (κ3) is 4.11. The Morgan fingerprint density at radius 3 is 2.79 bits per heavy atom. The summed E-state index contributed by atoms with van der Waals surface area (Å²) in [4.78, 5) is 25.8. The molecule has 2 N–H and O–H groups in total. The van der Waals surface area contributed by atoms with Gasteiger partial charge >= 0.3 is 5.97 Å². The first kappa shape index (κ1) is 18.7. The highest BCUT2D eigenvalue weighted by atomic mass is 16.5. The molecule has 29 heavy (non-hydrogen) atoms. The maximum atomic E-state index is 11.2. The molecule has 0 amide bonds. The number of carbonyl (C=O) groups is 1. The van der Waals surface area contributed by atoms with Gasteiger partial charge in [-0.25, -0.2) is 9.97 Å². The van der Waals surface area contributed by atoms with Gasteiger partial charge in [0.25, 0.3) is 0 Å². The average molecular weight is 391 g/mol. The molecular weight excluding hydrogens is 370 g/mol. The van der Waals surface area contributed by atoms with Crippen LogP contribution >= 0.6 is 0 Å². The van der Waals surface area contributed by atoms with Crippen LogP contribution in [0.15, 0.2) is 42.9 Å². The lowest BCUT2D eigenvalue weighted by molar-refractivity contribution is -0.135. The Kier molecular flexibility index (Phi) is 4.99. The Bertz CT molecular complexity index is 1050. The average Bonchev–Trinajstić information content (AvgIpc) is 3.09. The number of aliphatic carboxylic acids is 1. The minimum absolute atomic E-state index is 0.0779. The number of fused-ring (bicyclic) bond motifs is 1. The molecule has 4 rings (SSSR count). The maximum Gasteiger partial charge on any atom is 0.323 e. The van der Waals surface area contributed by atoms with Gasteiger partial charge in [-0.1, -0.05) is 0 Å². The summed E-state index contributed by atoms with van der Waals surface area (Å²) in [5.74, 6) is 1.14. The van der Waals surface area contributed by atoms with Crippen LogP contribution in [0.25, 0.3) is 0 Å². The summed E-state index contributed by atoms with van der Waals surface area (Å²) in [6.45, 7) is 4.43. The van der Waals surface area contributed by atoms with E-state index in [0.717, 1.165) is 34.1 Å². The Balaban J connectivity index is 1.55. The molecule has 3 aromatic rings. The van der Waals surface area contributed by atoms with E-state index in [4.69, 9.17) is 9.84 Å². The van der Waals surface area contributed by atoms with Crippen molar-refractivity contribution in [2.24, 2.45) is 0 Å². The van der Waals surface area contributed by atoms with Crippen LogP contribution in [0.3, 0.4) is 0 Å². The predicted molar refractivity (Wildman–Crippen MR) is 109 cm³/mol. The molecule has 0 atom stereocenters. The van der Waals surface area contributed by atoms with E-state index >= 15 is 0 Å². The zero-order valence-electron chi connectivity index (χ0n) is 16.2. The molecule has 8 nitrogen and oxygen atoms in total. The molecule has 0 spiro atoms. The van der Waals surface area contributed by atoms with E-state index in [1.807, 2.05) is 44.2 Å². The molecule has 148 valence electrons. The van der Waals surface area contributed by atoms with Crippen LogP contribution < -0.4 is 15.0 Å². The number of aryl methyl sites for hydroxylation is 2. The second kappa shape index (κ2) is 7.75. The van der Waals surface area contributed by atoms with Gasteiger partial charge in [-0.3, -0.25) is 9.78 Å². The number of aromatic nitrogens is 3. The SMILES string of the molecule is Cc1ccc(Oc2ccc(Nc3ncnc4c3N(CC(=O)O)CC4)cc2C)cn1. The zero-order valence-corrected chi connectivity index (χ0v) is 16.2. The maximum absolute atomic E-state index is 11.2. The van der Waals surface area contributed by atoms with Crippen molar-refractivity contribution < 1.29 is 14.6 Å². The predicted octanol–water partition coefficient (Wildman–Crippen LogP) is 3.47. The molecular formula is C21H21N5O3. The second-order valence-corrected chi connectivity index (χ2v) is 6.93. The van der Waals surface area contributed by atoms with Crippen molar-refractivity contribution in [3.05, 3.63) is 59.8 Å². The van der Waals surface area contributed by atoms with Gasteiger partial charge in [0.1, 0.15) is 30.1 Å². The Morgan fingerprint density at radius 2 is 2.07 bits per heavy atom. The lowest BCUT2D eigenvalue weighted by Crippen LogP contribution is -2.28. The molecule has 0 saturated heterocycles. The third-order valence-corrected chi connectivity index (χ3v) is 4.71. The minimum Gasteiger partial charge on any atom is -0.480 e. The number of hydrogen-bond donors (Lipinski definition) is 2. The number of rotatable bonds is 6. The van der Waals surface area contributed by atoms with E-state index in [1.165, 1.54) is 6.33 Å². The highest BCUT2D eigenvalue weighted by Gasteiger charge is 2.26. The third-order valence-electron chi connectivity index (χ3n) is 4.71. The molecule has 1 aliphatic rings. The van der Waals surface area contributed by atoms with E-state index in [2.05, 4.69) is 20.3 Å². The van der Waals surface area contributed by atoms with Crippen molar-refractivity contribution in [1.82, 2.24) is 15.0 Å². The largest absolute Gasteiger partial charge is 0.480 e. The van der Waals surface area contributed by atoms with Crippen molar-refractivity contribution >= 4 is 23.2 Å². The number of pyridine rings is 1. The van der Waals surface area contributed by atoms with E-state index < -0.39 is 5.97 Å². The lowest BCUT2D eigenvalue weighted by atomic mass is 10.2. The van der Waals surface area contributed by atoms with Gasteiger partial charge in [0.2, 0.25) is 0 Å². The van der Waals surface area contributed by atoms with Gasteiger partial charge in [0.05, 0.1) is 11.9 Å². The summed E-state index contributed by atoms with van der Waals surface area (Å²) in [6, 6.07) is 9.53. The van der Waals surface area contributed by atoms with Crippen LogP contribution in [-0.2, 0) is 11.2 Å². The van der Waals surface area contributed by atoms with Gasteiger partial charge in [-0.2, -0.15) is 0 Å². The van der Waals surface area contributed by atoms with Crippen LogP contribution in [0.2, 0.25) is 0 Å². The fourth-order valence-electron chi connectivity index (χ4n) is 3.32. The Labute approximate surface area is 168 Å². The second-order valence-electron chi connectivity index (χ2n) is 6.93. The number of nitrogens with one attached hydrogen (secondary N) is 1. The van der Waals surface area contributed by atoms with Crippen molar-refractivity contribution in [2.75, 3.05) is 23.3 Å². The number of nitrogens with zero attached hydrogens (tertiary/aromatic N) is 4. The van der Waals surface area contributed by atoms with Crippen molar-refractivity contribution in [3.8, 4) is 11.5 Å². The standard InChI is InChI=1S/C21H21N5O3/c1-13-9-15(4-6-18(13)29-16-5-3-14(2)22-10-16)25-21-20-17(23-12-24-21)7-8-26(20)11-19(27)28/h3-6,9-10,12H,7-8,11H2,1-2H3,(H,27,28)(H,23,24,25). The van der Waals surface area contributed by atoms with Crippen molar-refractivity contribution in [1.29, 1.82) is 0 Å². The molecule has 0 aliphatic carbocycles. The highest BCUT2D eigenvalue weighted by Crippen LogP contribution is 2.35. The zero-order chi connectivity index (χ0) is 20.4. The van der Waals surface area contributed by atoms with Gasteiger partial charge in [0, 0.05) is 24.3 Å².